The van der Waals surface area contributed by atoms with E-state index in [0.717, 1.165) is 28.9 Å². The fourth-order valence-electron chi connectivity index (χ4n) is 2.47. The van der Waals surface area contributed by atoms with E-state index < -0.39 is 0 Å². The number of anilines is 1. The number of rotatable bonds is 7. The molecule has 0 unspecified atom stereocenters. The first-order valence-corrected chi connectivity index (χ1v) is 9.49. The van der Waals surface area contributed by atoms with Crippen LogP contribution in [0.25, 0.3) is 11.5 Å². The van der Waals surface area contributed by atoms with Gasteiger partial charge in [-0.25, -0.2) is 0 Å². The molecule has 0 radical (unpaired) electrons. The molecular formula is C20H21N3O2S. The molecule has 0 aliphatic rings. The van der Waals surface area contributed by atoms with Crippen LogP contribution >= 0.6 is 11.8 Å². The molecule has 3 rings (SSSR count). The van der Waals surface area contributed by atoms with Crippen molar-refractivity contribution >= 4 is 23.7 Å². The third-order valence-electron chi connectivity index (χ3n) is 3.85. The molecule has 1 heterocycles. The average molecular weight is 367 g/mol. The van der Waals surface area contributed by atoms with E-state index >= 15 is 0 Å². The predicted octanol–water partition coefficient (Wildman–Crippen LogP) is 4.86. The second-order valence-electron chi connectivity index (χ2n) is 6.04. The lowest BCUT2D eigenvalue weighted by atomic mass is 10.1. The zero-order chi connectivity index (χ0) is 18.4. The average Bonchev–Trinajstić information content (AvgIpc) is 3.10. The van der Waals surface area contributed by atoms with Gasteiger partial charge in [-0.15, -0.1) is 16.9 Å². The van der Waals surface area contributed by atoms with E-state index in [1.165, 1.54) is 4.90 Å². The first kappa shape index (κ1) is 18.2. The van der Waals surface area contributed by atoms with Crippen LogP contribution in [0.4, 0.5) is 6.01 Å². The zero-order valence-corrected chi connectivity index (χ0v) is 15.7. The van der Waals surface area contributed by atoms with E-state index in [1.807, 2.05) is 50.2 Å². The number of hydrogen-bond donors (Lipinski definition) is 1. The summed E-state index contributed by atoms with van der Waals surface area (Å²) in [6, 6.07) is 16.3. The highest BCUT2D eigenvalue weighted by Gasteiger charge is 2.13. The predicted molar refractivity (Wildman–Crippen MR) is 104 cm³/mol. The number of carbonyl (C=O) groups excluding carboxylic acids is 1. The fraction of sp³-hybridized carbons (Fsp3) is 0.250. The van der Waals surface area contributed by atoms with Gasteiger partial charge in [-0.3, -0.25) is 10.1 Å². The maximum absolute atomic E-state index is 12.0. The number of benzene rings is 2. The van der Waals surface area contributed by atoms with E-state index in [-0.39, 0.29) is 11.9 Å². The first-order valence-electron chi connectivity index (χ1n) is 8.50. The van der Waals surface area contributed by atoms with Gasteiger partial charge in [-0.1, -0.05) is 41.0 Å². The van der Waals surface area contributed by atoms with Gasteiger partial charge in [0.15, 0.2) is 0 Å². The highest BCUT2D eigenvalue weighted by Crippen LogP contribution is 2.24. The van der Waals surface area contributed by atoms with Crippen LogP contribution in [0.15, 0.2) is 57.8 Å². The molecule has 0 aliphatic carbocycles. The number of thioether (sulfide) groups is 1. The van der Waals surface area contributed by atoms with Crippen molar-refractivity contribution in [3.8, 4) is 11.5 Å². The topological polar surface area (TPSA) is 68.0 Å². The molecule has 0 fully saturated rings. The first-order chi connectivity index (χ1) is 12.6. The lowest BCUT2D eigenvalue weighted by molar-refractivity contribution is -0.116. The molecule has 0 saturated carbocycles. The monoisotopic (exact) mass is 367 g/mol. The molecule has 5 nitrogen and oxygen atoms in total. The van der Waals surface area contributed by atoms with Crippen LogP contribution in [0.3, 0.4) is 0 Å². The number of amides is 1. The van der Waals surface area contributed by atoms with Crippen LogP contribution in [-0.2, 0) is 4.79 Å². The number of aromatic nitrogens is 2. The number of hydrogen-bond acceptors (Lipinski definition) is 5. The Morgan fingerprint density at radius 1 is 1.12 bits per heavy atom. The third-order valence-corrected chi connectivity index (χ3v) is 4.95. The van der Waals surface area contributed by atoms with Gasteiger partial charge in [0.05, 0.1) is 0 Å². The summed E-state index contributed by atoms with van der Waals surface area (Å²) in [5.41, 5.74) is 3.05. The van der Waals surface area contributed by atoms with Gasteiger partial charge >= 0.3 is 6.01 Å². The van der Waals surface area contributed by atoms with E-state index in [2.05, 4.69) is 27.6 Å². The van der Waals surface area contributed by atoms with Gasteiger partial charge in [-0.05, 0) is 49.8 Å². The van der Waals surface area contributed by atoms with Crippen molar-refractivity contribution < 1.29 is 9.21 Å². The number of nitrogens with one attached hydrogen (secondary N) is 1. The summed E-state index contributed by atoms with van der Waals surface area (Å²) in [4.78, 5) is 13.3. The van der Waals surface area contributed by atoms with Gasteiger partial charge in [0, 0.05) is 16.9 Å². The highest BCUT2D eigenvalue weighted by molar-refractivity contribution is 7.99. The maximum atomic E-state index is 12.0. The molecule has 3 aromatic rings. The molecular weight excluding hydrogens is 346 g/mol. The van der Waals surface area contributed by atoms with Crippen molar-refractivity contribution in [2.75, 3.05) is 11.1 Å². The summed E-state index contributed by atoms with van der Waals surface area (Å²) in [5, 5.41) is 10.6. The second kappa shape index (κ2) is 8.67. The SMILES string of the molecule is Cc1ccc(C)c(-c2nnc(NC(=O)CCCSc3ccccc3)o2)c1. The summed E-state index contributed by atoms with van der Waals surface area (Å²) in [7, 11) is 0. The fourth-order valence-corrected chi connectivity index (χ4v) is 3.34. The number of carbonyl (C=O) groups is 1. The van der Waals surface area contributed by atoms with Crippen molar-refractivity contribution in [3.63, 3.8) is 0 Å². The minimum atomic E-state index is -0.116. The normalized spacial score (nSPS) is 10.7. The van der Waals surface area contributed by atoms with E-state index in [1.54, 1.807) is 11.8 Å². The Bertz CT molecular complexity index is 878. The quantitative estimate of drug-likeness (QED) is 0.477. The lowest BCUT2D eigenvalue weighted by Crippen LogP contribution is -2.11. The molecule has 2 aromatic carbocycles. The minimum absolute atomic E-state index is 0.116. The molecule has 134 valence electrons. The standard InChI is InChI=1S/C20H21N3O2S/c1-14-10-11-15(2)17(13-14)19-22-23-20(25-19)21-18(24)9-6-12-26-16-7-4-3-5-8-16/h3-5,7-8,10-11,13H,6,9,12H2,1-2H3,(H,21,23,24). The summed E-state index contributed by atoms with van der Waals surface area (Å²) in [6.45, 7) is 4.00. The van der Waals surface area contributed by atoms with Crippen molar-refractivity contribution in [2.45, 2.75) is 31.6 Å². The zero-order valence-electron chi connectivity index (χ0n) is 14.9. The summed E-state index contributed by atoms with van der Waals surface area (Å²) < 4.78 is 5.59. The van der Waals surface area contributed by atoms with Crippen molar-refractivity contribution in [1.82, 2.24) is 10.2 Å². The maximum Gasteiger partial charge on any atom is 0.322 e. The Hall–Kier alpha value is -2.60. The Balaban J connectivity index is 1.49. The second-order valence-corrected chi connectivity index (χ2v) is 7.21. The molecule has 1 N–H and O–H groups in total. The smallest absolute Gasteiger partial charge is 0.322 e. The van der Waals surface area contributed by atoms with Crippen LogP contribution in [0, 0.1) is 13.8 Å². The molecule has 6 heteroatoms. The summed E-state index contributed by atoms with van der Waals surface area (Å²) in [6.07, 6.45) is 1.20. The number of aryl methyl sites for hydroxylation is 2. The molecule has 0 atom stereocenters. The van der Waals surface area contributed by atoms with Gasteiger partial charge in [-0.2, -0.15) is 0 Å². The molecule has 0 spiro atoms. The molecule has 0 bridgehead atoms. The highest BCUT2D eigenvalue weighted by atomic mass is 32.2. The van der Waals surface area contributed by atoms with Gasteiger partial charge in [0.2, 0.25) is 11.8 Å². The Kier molecular flexibility index (Phi) is 6.07. The summed E-state index contributed by atoms with van der Waals surface area (Å²) in [5.74, 6) is 1.19. The van der Waals surface area contributed by atoms with Gasteiger partial charge in [0.25, 0.3) is 0 Å². The third kappa shape index (κ3) is 4.95. The van der Waals surface area contributed by atoms with Crippen molar-refractivity contribution in [3.05, 3.63) is 59.7 Å². The van der Waals surface area contributed by atoms with Crippen LogP contribution in [0.2, 0.25) is 0 Å². The van der Waals surface area contributed by atoms with Crippen LogP contribution < -0.4 is 5.32 Å². The van der Waals surface area contributed by atoms with Crippen molar-refractivity contribution in [2.24, 2.45) is 0 Å². The summed E-state index contributed by atoms with van der Waals surface area (Å²) >= 11 is 1.74. The van der Waals surface area contributed by atoms with Crippen LogP contribution in [0.5, 0.6) is 0 Å². The van der Waals surface area contributed by atoms with Crippen molar-refractivity contribution in [1.29, 1.82) is 0 Å². The van der Waals surface area contributed by atoms with Crippen LogP contribution in [-0.4, -0.2) is 21.9 Å². The molecule has 0 saturated heterocycles. The minimum Gasteiger partial charge on any atom is -0.403 e. The van der Waals surface area contributed by atoms with Gasteiger partial charge in [0.1, 0.15) is 0 Å². The largest absolute Gasteiger partial charge is 0.403 e. The lowest BCUT2D eigenvalue weighted by Gasteiger charge is -2.03. The number of nitrogens with zero attached hydrogens (tertiary/aromatic N) is 2. The van der Waals surface area contributed by atoms with Crippen LogP contribution in [0.1, 0.15) is 24.0 Å². The Labute approximate surface area is 157 Å². The molecule has 1 aromatic heterocycles. The van der Waals surface area contributed by atoms with E-state index in [0.29, 0.717) is 12.3 Å². The molecule has 26 heavy (non-hydrogen) atoms. The van der Waals surface area contributed by atoms with E-state index in [4.69, 9.17) is 4.42 Å². The molecule has 0 aliphatic heterocycles. The molecule has 1 amide bonds. The Morgan fingerprint density at radius 2 is 1.92 bits per heavy atom. The Morgan fingerprint density at radius 3 is 2.73 bits per heavy atom. The van der Waals surface area contributed by atoms with E-state index in [9.17, 15) is 4.79 Å². The van der Waals surface area contributed by atoms with Gasteiger partial charge < -0.3 is 4.42 Å².